The largest absolute Gasteiger partial charge is 0.478 e. The van der Waals surface area contributed by atoms with Gasteiger partial charge in [0.2, 0.25) is 5.91 Å². The van der Waals surface area contributed by atoms with Crippen molar-refractivity contribution in [1.29, 1.82) is 5.26 Å². The Bertz CT molecular complexity index is 731. The Morgan fingerprint density at radius 2 is 2.24 bits per heavy atom. The summed E-state index contributed by atoms with van der Waals surface area (Å²) in [6.45, 7) is 1.66. The van der Waals surface area contributed by atoms with Gasteiger partial charge < -0.3 is 10.4 Å². The van der Waals surface area contributed by atoms with Gasteiger partial charge in [0.25, 0.3) is 0 Å². The Hall–Kier alpha value is -3.21. The number of carbonyl (C=O) groups excluding carboxylic acids is 1. The summed E-state index contributed by atoms with van der Waals surface area (Å²) in [6.07, 6.45) is 2.43. The van der Waals surface area contributed by atoms with E-state index in [0.29, 0.717) is 11.3 Å². The highest BCUT2D eigenvalue weighted by Gasteiger charge is 2.17. The van der Waals surface area contributed by atoms with Gasteiger partial charge in [-0.05, 0) is 24.6 Å². The van der Waals surface area contributed by atoms with Gasteiger partial charge in [-0.2, -0.15) is 10.4 Å². The highest BCUT2D eigenvalue weighted by molar-refractivity contribution is 6.02. The molecule has 0 aliphatic rings. The quantitative estimate of drug-likeness (QED) is 0.868. The molecule has 8 nitrogen and oxygen atoms in total. The standard InChI is InChI=1S/C13H11N5O3/c1-8-4-9(18-7-15-6-16-18)5-10(13(20)21)12(8)17-11(19)2-3-14/h4-7H,2H2,1H3,(H,17,19)(H,20,21). The molecule has 1 aromatic heterocycles. The number of carboxylic acids is 1. The van der Waals surface area contributed by atoms with Crippen molar-refractivity contribution in [2.24, 2.45) is 0 Å². The third-order valence-electron chi connectivity index (χ3n) is 2.74. The molecule has 1 aromatic carbocycles. The molecular weight excluding hydrogens is 274 g/mol. The maximum Gasteiger partial charge on any atom is 0.337 e. The average molecular weight is 285 g/mol. The van der Waals surface area contributed by atoms with Gasteiger partial charge in [0.15, 0.2) is 0 Å². The lowest BCUT2D eigenvalue weighted by Crippen LogP contribution is -2.15. The number of aryl methyl sites for hydroxylation is 1. The number of carboxylic acid groups (broad SMARTS) is 1. The molecule has 0 spiro atoms. The van der Waals surface area contributed by atoms with E-state index in [9.17, 15) is 14.7 Å². The lowest BCUT2D eigenvalue weighted by atomic mass is 10.1. The summed E-state index contributed by atoms with van der Waals surface area (Å²) >= 11 is 0. The Kier molecular flexibility index (Phi) is 3.95. The van der Waals surface area contributed by atoms with Crippen molar-refractivity contribution >= 4 is 17.6 Å². The van der Waals surface area contributed by atoms with Gasteiger partial charge in [-0.3, -0.25) is 4.79 Å². The van der Waals surface area contributed by atoms with E-state index in [1.807, 2.05) is 0 Å². The van der Waals surface area contributed by atoms with E-state index in [-0.39, 0.29) is 17.7 Å². The van der Waals surface area contributed by atoms with E-state index in [2.05, 4.69) is 15.4 Å². The third-order valence-corrected chi connectivity index (χ3v) is 2.74. The number of rotatable bonds is 4. The van der Waals surface area contributed by atoms with Gasteiger partial charge in [-0.15, -0.1) is 0 Å². The van der Waals surface area contributed by atoms with Crippen molar-refractivity contribution in [2.75, 3.05) is 5.32 Å². The predicted molar refractivity (Wildman–Crippen MR) is 71.9 cm³/mol. The molecule has 0 radical (unpaired) electrons. The van der Waals surface area contributed by atoms with Gasteiger partial charge in [-0.1, -0.05) is 0 Å². The number of aromatic nitrogens is 3. The van der Waals surface area contributed by atoms with Crippen LogP contribution in [0.3, 0.4) is 0 Å². The second-order valence-electron chi connectivity index (χ2n) is 4.21. The zero-order valence-electron chi connectivity index (χ0n) is 11.1. The molecular formula is C13H11N5O3. The first kappa shape index (κ1) is 14.2. The van der Waals surface area contributed by atoms with Gasteiger partial charge in [-0.25, -0.2) is 14.5 Å². The molecule has 0 bridgehead atoms. The van der Waals surface area contributed by atoms with Crippen molar-refractivity contribution in [2.45, 2.75) is 13.3 Å². The van der Waals surface area contributed by atoms with Crippen LogP contribution in [0.2, 0.25) is 0 Å². The molecule has 0 unspecified atom stereocenters. The molecule has 106 valence electrons. The highest BCUT2D eigenvalue weighted by Crippen LogP contribution is 2.25. The summed E-state index contributed by atoms with van der Waals surface area (Å²) in [6, 6.07) is 4.76. The second kappa shape index (κ2) is 5.83. The Morgan fingerprint density at radius 3 is 2.81 bits per heavy atom. The fourth-order valence-corrected chi connectivity index (χ4v) is 1.83. The Labute approximate surface area is 119 Å². The average Bonchev–Trinajstić information content (AvgIpc) is 2.94. The Morgan fingerprint density at radius 1 is 1.48 bits per heavy atom. The van der Waals surface area contributed by atoms with Crippen LogP contribution in [0.5, 0.6) is 0 Å². The summed E-state index contributed by atoms with van der Waals surface area (Å²) < 4.78 is 1.42. The number of hydrogen-bond donors (Lipinski definition) is 2. The predicted octanol–water partition coefficient (Wildman–Crippen LogP) is 1.13. The van der Waals surface area contributed by atoms with E-state index in [1.54, 1.807) is 19.1 Å². The van der Waals surface area contributed by atoms with Crippen LogP contribution in [0.25, 0.3) is 5.69 Å². The van der Waals surface area contributed by atoms with Crippen LogP contribution in [-0.4, -0.2) is 31.7 Å². The number of anilines is 1. The molecule has 2 rings (SSSR count). The number of nitrogens with zero attached hydrogens (tertiary/aromatic N) is 4. The number of nitrogens with one attached hydrogen (secondary N) is 1. The number of amides is 1. The maximum absolute atomic E-state index is 11.5. The summed E-state index contributed by atoms with van der Waals surface area (Å²) in [4.78, 5) is 26.7. The summed E-state index contributed by atoms with van der Waals surface area (Å²) in [7, 11) is 0. The molecule has 0 atom stereocenters. The molecule has 8 heteroatoms. The fraction of sp³-hybridized carbons (Fsp3) is 0.154. The molecule has 1 heterocycles. The lowest BCUT2D eigenvalue weighted by Gasteiger charge is -2.13. The highest BCUT2D eigenvalue weighted by atomic mass is 16.4. The molecule has 0 aliphatic carbocycles. The molecule has 2 N–H and O–H groups in total. The van der Waals surface area contributed by atoms with Crippen LogP contribution in [-0.2, 0) is 4.79 Å². The van der Waals surface area contributed by atoms with Crippen molar-refractivity contribution in [1.82, 2.24) is 14.8 Å². The first-order valence-electron chi connectivity index (χ1n) is 5.92. The van der Waals surface area contributed by atoms with E-state index < -0.39 is 11.9 Å². The first-order valence-corrected chi connectivity index (χ1v) is 5.92. The van der Waals surface area contributed by atoms with Gasteiger partial charge in [0.1, 0.15) is 19.1 Å². The van der Waals surface area contributed by atoms with Crippen molar-refractivity contribution in [3.8, 4) is 11.8 Å². The fourth-order valence-electron chi connectivity index (χ4n) is 1.83. The lowest BCUT2D eigenvalue weighted by molar-refractivity contribution is -0.115. The molecule has 1 amide bonds. The first-order chi connectivity index (χ1) is 10.0. The zero-order valence-corrected chi connectivity index (χ0v) is 11.1. The van der Waals surface area contributed by atoms with Crippen molar-refractivity contribution < 1.29 is 14.7 Å². The number of aromatic carboxylic acids is 1. The molecule has 2 aromatic rings. The van der Waals surface area contributed by atoms with Gasteiger partial charge in [0.05, 0.1) is 23.0 Å². The smallest absolute Gasteiger partial charge is 0.337 e. The number of carbonyl (C=O) groups is 2. The molecule has 0 saturated heterocycles. The molecule has 0 saturated carbocycles. The zero-order chi connectivity index (χ0) is 15.4. The van der Waals surface area contributed by atoms with E-state index in [4.69, 9.17) is 5.26 Å². The minimum absolute atomic E-state index is 0.0770. The number of benzene rings is 1. The normalized spacial score (nSPS) is 9.90. The van der Waals surface area contributed by atoms with Crippen LogP contribution in [0.1, 0.15) is 22.3 Å². The van der Waals surface area contributed by atoms with Crippen LogP contribution in [0.15, 0.2) is 24.8 Å². The summed E-state index contributed by atoms with van der Waals surface area (Å²) in [5.74, 6) is -1.75. The minimum Gasteiger partial charge on any atom is -0.478 e. The SMILES string of the molecule is Cc1cc(-n2cncn2)cc(C(=O)O)c1NC(=O)CC#N. The molecule has 0 fully saturated rings. The van der Waals surface area contributed by atoms with E-state index in [0.717, 1.165) is 0 Å². The summed E-state index contributed by atoms with van der Waals surface area (Å²) in [5, 5.41) is 24.2. The summed E-state index contributed by atoms with van der Waals surface area (Å²) in [5.41, 5.74) is 1.16. The van der Waals surface area contributed by atoms with Gasteiger partial charge in [0, 0.05) is 0 Å². The van der Waals surface area contributed by atoms with Crippen molar-refractivity contribution in [3.05, 3.63) is 35.9 Å². The van der Waals surface area contributed by atoms with Crippen LogP contribution >= 0.6 is 0 Å². The van der Waals surface area contributed by atoms with E-state index in [1.165, 1.54) is 23.4 Å². The molecule has 21 heavy (non-hydrogen) atoms. The van der Waals surface area contributed by atoms with Crippen LogP contribution < -0.4 is 5.32 Å². The van der Waals surface area contributed by atoms with Crippen LogP contribution in [0.4, 0.5) is 5.69 Å². The topological polar surface area (TPSA) is 121 Å². The van der Waals surface area contributed by atoms with Gasteiger partial charge >= 0.3 is 5.97 Å². The van der Waals surface area contributed by atoms with Crippen molar-refractivity contribution in [3.63, 3.8) is 0 Å². The van der Waals surface area contributed by atoms with E-state index >= 15 is 0 Å². The minimum atomic E-state index is -1.19. The molecule has 0 aliphatic heterocycles. The number of hydrogen-bond acceptors (Lipinski definition) is 5. The number of nitriles is 1. The second-order valence-corrected chi connectivity index (χ2v) is 4.21. The third kappa shape index (κ3) is 3.03. The maximum atomic E-state index is 11.5. The monoisotopic (exact) mass is 285 g/mol. The Balaban J connectivity index is 2.48. The van der Waals surface area contributed by atoms with Crippen LogP contribution in [0, 0.1) is 18.3 Å².